The fourth-order valence-corrected chi connectivity index (χ4v) is 4.66. The third kappa shape index (κ3) is 9.54. The molecule has 1 aromatic carbocycles. The van der Waals surface area contributed by atoms with Gasteiger partial charge in [-0.05, 0) is 50.1 Å². The number of unbranched alkanes of at least 4 members (excludes halogenated alkanes) is 1. The topological polar surface area (TPSA) is 139 Å². The highest BCUT2D eigenvalue weighted by atomic mass is 31.2. The van der Waals surface area contributed by atoms with Gasteiger partial charge in [0.1, 0.15) is 5.78 Å². The van der Waals surface area contributed by atoms with E-state index < -0.39 is 31.4 Å². The summed E-state index contributed by atoms with van der Waals surface area (Å²) < 4.78 is 17.9. The molecule has 0 aliphatic carbocycles. The summed E-state index contributed by atoms with van der Waals surface area (Å²) in [6.07, 6.45) is 1.21. The van der Waals surface area contributed by atoms with E-state index in [0.717, 1.165) is 12.0 Å². The summed E-state index contributed by atoms with van der Waals surface area (Å²) in [4.78, 5) is 34.1. The molecule has 0 radical (unpaired) electrons. The summed E-state index contributed by atoms with van der Waals surface area (Å²) in [6, 6.07) is 9.72. The third-order valence-corrected chi connectivity index (χ3v) is 6.46. The van der Waals surface area contributed by atoms with Crippen LogP contribution in [0.15, 0.2) is 30.3 Å². The van der Waals surface area contributed by atoms with Crippen LogP contribution in [0, 0.1) is 5.92 Å². The Hall–Kier alpha value is -1.73. The van der Waals surface area contributed by atoms with Crippen molar-refractivity contribution in [3.63, 3.8) is 0 Å². The van der Waals surface area contributed by atoms with Crippen LogP contribution < -0.4 is 11.1 Å². The summed E-state index contributed by atoms with van der Waals surface area (Å²) in [7, 11) is -4.41. The minimum absolute atomic E-state index is 0.0763. The lowest BCUT2D eigenvalue weighted by atomic mass is 10.1. The molecule has 0 aliphatic heterocycles. The Balaban J connectivity index is 2.66. The number of carbonyl (C=O) groups excluding carboxylic acids is 1. The number of nitrogens with two attached hydrogens (primary N) is 1. The molecule has 164 valence electrons. The van der Waals surface area contributed by atoms with E-state index in [0.29, 0.717) is 25.8 Å². The van der Waals surface area contributed by atoms with Gasteiger partial charge in [0.25, 0.3) is 0 Å². The minimum Gasteiger partial charge on any atom is -0.479 e. The maximum absolute atomic E-state index is 12.8. The van der Waals surface area contributed by atoms with Gasteiger partial charge in [-0.1, -0.05) is 44.2 Å². The van der Waals surface area contributed by atoms with Crippen LogP contribution in [0.5, 0.6) is 0 Å². The molecule has 1 aromatic rings. The van der Waals surface area contributed by atoms with E-state index in [-0.39, 0.29) is 18.7 Å². The number of hydrogen-bond donors (Lipinski definition) is 4. The Bertz CT molecular complexity index is 683. The SMILES string of the molecule is CC(C)[C@@H](NC(=O)CCCc1ccccc1)P(=O)(O)OC(CCCCN)C(=O)O. The van der Waals surface area contributed by atoms with E-state index in [4.69, 9.17) is 10.3 Å². The lowest BCUT2D eigenvalue weighted by Gasteiger charge is -2.28. The Labute approximate surface area is 172 Å². The molecule has 0 heterocycles. The van der Waals surface area contributed by atoms with Crippen molar-refractivity contribution < 1.29 is 28.7 Å². The lowest BCUT2D eigenvalue weighted by molar-refractivity contribution is -0.145. The predicted molar refractivity (Wildman–Crippen MR) is 111 cm³/mol. The van der Waals surface area contributed by atoms with Crippen molar-refractivity contribution in [2.45, 2.75) is 64.3 Å². The molecule has 0 bridgehead atoms. The van der Waals surface area contributed by atoms with Crippen LogP contribution in [-0.4, -0.2) is 40.3 Å². The number of amides is 1. The number of rotatable bonds is 14. The van der Waals surface area contributed by atoms with E-state index in [1.807, 2.05) is 30.3 Å². The second kappa shape index (κ2) is 12.8. The normalized spacial score (nSPS) is 15.5. The van der Waals surface area contributed by atoms with Crippen molar-refractivity contribution in [2.24, 2.45) is 11.7 Å². The fourth-order valence-electron chi connectivity index (χ4n) is 2.90. The maximum Gasteiger partial charge on any atom is 0.351 e. The summed E-state index contributed by atoms with van der Waals surface area (Å²) in [5.41, 5.74) is 6.51. The number of aryl methyl sites for hydroxylation is 1. The minimum atomic E-state index is -4.41. The van der Waals surface area contributed by atoms with Crippen molar-refractivity contribution in [3.8, 4) is 0 Å². The van der Waals surface area contributed by atoms with E-state index in [9.17, 15) is 24.2 Å². The molecule has 0 aromatic heterocycles. The molecule has 5 N–H and O–H groups in total. The average Bonchev–Trinajstić information content (AvgIpc) is 2.65. The Kier molecular flexibility index (Phi) is 11.1. The van der Waals surface area contributed by atoms with Crippen LogP contribution in [-0.2, 0) is 25.1 Å². The Morgan fingerprint density at radius 1 is 1.17 bits per heavy atom. The van der Waals surface area contributed by atoms with E-state index in [2.05, 4.69) is 5.32 Å². The average molecular weight is 428 g/mol. The third-order valence-electron chi connectivity index (χ3n) is 4.48. The van der Waals surface area contributed by atoms with Gasteiger partial charge in [-0.25, -0.2) is 4.79 Å². The van der Waals surface area contributed by atoms with Gasteiger partial charge in [-0.2, -0.15) is 0 Å². The molecule has 8 nitrogen and oxygen atoms in total. The molecule has 9 heteroatoms. The molecule has 1 rings (SSSR count). The maximum atomic E-state index is 12.8. The van der Waals surface area contributed by atoms with Crippen molar-refractivity contribution in [1.29, 1.82) is 0 Å². The number of hydrogen-bond acceptors (Lipinski definition) is 5. The summed E-state index contributed by atoms with van der Waals surface area (Å²) in [5, 5.41) is 11.9. The molecule has 1 amide bonds. The first-order valence-electron chi connectivity index (χ1n) is 9.94. The second-order valence-corrected chi connectivity index (χ2v) is 9.27. The van der Waals surface area contributed by atoms with Crippen molar-refractivity contribution in [3.05, 3.63) is 35.9 Å². The molecule has 0 spiro atoms. The number of nitrogens with one attached hydrogen (secondary N) is 1. The van der Waals surface area contributed by atoms with E-state index in [1.165, 1.54) is 0 Å². The summed E-state index contributed by atoms with van der Waals surface area (Å²) >= 11 is 0. The van der Waals surface area contributed by atoms with Crippen LogP contribution in [0.4, 0.5) is 0 Å². The summed E-state index contributed by atoms with van der Waals surface area (Å²) in [5.74, 6) is -3.27. The zero-order valence-electron chi connectivity index (χ0n) is 17.1. The highest BCUT2D eigenvalue weighted by Gasteiger charge is 2.40. The quantitative estimate of drug-likeness (QED) is 0.264. The van der Waals surface area contributed by atoms with Crippen LogP contribution in [0.25, 0.3) is 0 Å². The standard InChI is InChI=1S/C20H33N2O6P/c1-15(2)19(22-18(23)13-8-11-16-9-4-3-5-10-16)29(26,27)28-17(20(24)25)12-6-7-14-21/h3-5,9-10,15,17,19H,6-8,11-14,21H2,1-2H3,(H,22,23)(H,24,25)(H,26,27)/t17?,19-/m0/s1. The molecule has 3 atom stereocenters. The van der Waals surface area contributed by atoms with Crippen LogP contribution in [0.1, 0.15) is 51.5 Å². The number of benzene rings is 1. The number of carboxylic acid groups (broad SMARTS) is 1. The molecular formula is C20H33N2O6P. The molecule has 0 fully saturated rings. The van der Waals surface area contributed by atoms with Gasteiger partial charge in [0.2, 0.25) is 5.91 Å². The molecule has 0 saturated heterocycles. The lowest BCUT2D eigenvalue weighted by Crippen LogP contribution is -2.40. The highest BCUT2D eigenvalue weighted by molar-refractivity contribution is 7.53. The molecule has 0 aliphatic rings. The van der Waals surface area contributed by atoms with Crippen molar-refractivity contribution in [2.75, 3.05) is 6.54 Å². The van der Waals surface area contributed by atoms with Gasteiger partial charge in [0.05, 0.1) is 0 Å². The Morgan fingerprint density at radius 3 is 2.38 bits per heavy atom. The zero-order valence-corrected chi connectivity index (χ0v) is 18.0. The molecule has 0 saturated carbocycles. The first kappa shape index (κ1) is 25.3. The molecule has 2 unspecified atom stereocenters. The van der Waals surface area contributed by atoms with Gasteiger partial charge in [0.15, 0.2) is 6.10 Å². The van der Waals surface area contributed by atoms with Crippen molar-refractivity contribution in [1.82, 2.24) is 5.32 Å². The van der Waals surface area contributed by atoms with Crippen LogP contribution in [0.2, 0.25) is 0 Å². The highest BCUT2D eigenvalue weighted by Crippen LogP contribution is 2.50. The second-order valence-electron chi connectivity index (χ2n) is 7.38. The van der Waals surface area contributed by atoms with Gasteiger partial charge < -0.3 is 21.1 Å². The number of carbonyl (C=O) groups is 2. The first-order valence-corrected chi connectivity index (χ1v) is 11.6. The largest absolute Gasteiger partial charge is 0.479 e. The predicted octanol–water partition coefficient (Wildman–Crippen LogP) is 2.89. The van der Waals surface area contributed by atoms with E-state index in [1.54, 1.807) is 13.8 Å². The fraction of sp³-hybridized carbons (Fsp3) is 0.600. The van der Waals surface area contributed by atoms with Gasteiger partial charge in [0, 0.05) is 6.42 Å². The summed E-state index contributed by atoms with van der Waals surface area (Å²) in [6.45, 7) is 3.74. The van der Waals surface area contributed by atoms with Crippen molar-refractivity contribution >= 4 is 19.5 Å². The van der Waals surface area contributed by atoms with Gasteiger partial charge in [-0.15, -0.1) is 0 Å². The smallest absolute Gasteiger partial charge is 0.351 e. The Morgan fingerprint density at radius 2 is 1.83 bits per heavy atom. The molecule has 29 heavy (non-hydrogen) atoms. The van der Waals surface area contributed by atoms with Gasteiger partial charge in [-0.3, -0.25) is 13.9 Å². The van der Waals surface area contributed by atoms with Crippen LogP contribution in [0.3, 0.4) is 0 Å². The zero-order chi connectivity index (χ0) is 21.9. The molecular weight excluding hydrogens is 395 g/mol. The van der Waals surface area contributed by atoms with E-state index >= 15 is 0 Å². The first-order chi connectivity index (χ1) is 13.7. The monoisotopic (exact) mass is 428 g/mol. The number of aliphatic carboxylic acids is 1. The van der Waals surface area contributed by atoms with Crippen LogP contribution >= 0.6 is 7.60 Å². The van der Waals surface area contributed by atoms with Gasteiger partial charge >= 0.3 is 13.6 Å². The number of carboxylic acids is 1.